The number of allylic oxidation sites excluding steroid dienone is 1. The van der Waals surface area contributed by atoms with Gasteiger partial charge in [0.2, 0.25) is 0 Å². The summed E-state index contributed by atoms with van der Waals surface area (Å²) in [5, 5.41) is 9.63. The lowest BCUT2D eigenvalue weighted by molar-refractivity contribution is 0.269. The summed E-state index contributed by atoms with van der Waals surface area (Å²) in [7, 11) is 0. The first-order valence-corrected chi connectivity index (χ1v) is 10.8. The van der Waals surface area contributed by atoms with Crippen LogP contribution in [-0.2, 0) is 6.61 Å². The lowest BCUT2D eigenvalue weighted by atomic mass is 10.0. The molecule has 0 aliphatic heterocycles. The minimum Gasteiger partial charge on any atom is -0.490 e. The zero-order chi connectivity index (χ0) is 21.5. The molecule has 0 amide bonds. The fourth-order valence-corrected chi connectivity index (χ4v) is 3.45. The maximum atomic E-state index is 13.1. The van der Waals surface area contributed by atoms with Crippen LogP contribution in [0.15, 0.2) is 69.6 Å². The molecule has 0 aliphatic carbocycles. The fraction of sp³-hybridized carbons (Fsp3) is 0.125. The summed E-state index contributed by atoms with van der Waals surface area (Å²) in [4.78, 5) is 0. The summed E-state index contributed by atoms with van der Waals surface area (Å²) in [6.45, 7) is 2.64. The fourth-order valence-electron chi connectivity index (χ4n) is 2.75. The van der Waals surface area contributed by atoms with Crippen molar-refractivity contribution >= 4 is 43.5 Å². The average molecular weight is 531 g/mol. The summed E-state index contributed by atoms with van der Waals surface area (Å²) in [5.74, 6) is 0.848. The zero-order valence-corrected chi connectivity index (χ0v) is 19.3. The molecule has 6 heteroatoms. The van der Waals surface area contributed by atoms with Crippen molar-refractivity contribution < 1.29 is 13.9 Å². The molecule has 0 saturated heterocycles. The summed E-state index contributed by atoms with van der Waals surface area (Å²) in [6, 6.07) is 19.6. The van der Waals surface area contributed by atoms with Crippen molar-refractivity contribution in [2.75, 3.05) is 6.61 Å². The smallest absolute Gasteiger partial charge is 0.162 e. The second kappa shape index (κ2) is 10.4. The van der Waals surface area contributed by atoms with Crippen LogP contribution >= 0.6 is 31.9 Å². The lowest BCUT2D eigenvalue weighted by Crippen LogP contribution is -2.00. The third-order valence-electron chi connectivity index (χ3n) is 4.25. The van der Waals surface area contributed by atoms with Gasteiger partial charge in [0.1, 0.15) is 12.4 Å². The minimum absolute atomic E-state index is 0.282. The first-order valence-electron chi connectivity index (χ1n) is 9.21. The van der Waals surface area contributed by atoms with E-state index < -0.39 is 0 Å². The second-order valence-electron chi connectivity index (χ2n) is 6.35. The highest BCUT2D eigenvalue weighted by atomic mass is 79.9. The summed E-state index contributed by atoms with van der Waals surface area (Å²) in [6.07, 6.45) is 1.81. The molecule has 0 heterocycles. The number of nitriles is 1. The van der Waals surface area contributed by atoms with E-state index >= 15 is 0 Å². The summed E-state index contributed by atoms with van der Waals surface area (Å²) < 4.78 is 26.5. The van der Waals surface area contributed by atoms with E-state index in [0.717, 1.165) is 25.6 Å². The Bertz CT molecular complexity index is 1090. The molecule has 30 heavy (non-hydrogen) atoms. The molecule has 0 unspecified atom stereocenters. The Morgan fingerprint density at radius 2 is 1.67 bits per heavy atom. The van der Waals surface area contributed by atoms with Crippen molar-refractivity contribution in [1.29, 1.82) is 5.26 Å². The van der Waals surface area contributed by atoms with Gasteiger partial charge >= 0.3 is 0 Å². The molecular formula is C24H18Br2FNO2. The zero-order valence-electron chi connectivity index (χ0n) is 16.2. The molecule has 3 nitrogen and oxygen atoms in total. The lowest BCUT2D eigenvalue weighted by Gasteiger charge is -2.14. The molecule has 3 rings (SSSR count). The van der Waals surface area contributed by atoms with E-state index in [4.69, 9.17) is 9.47 Å². The normalized spacial score (nSPS) is 11.1. The molecule has 0 radical (unpaired) electrons. The largest absolute Gasteiger partial charge is 0.490 e. The van der Waals surface area contributed by atoms with Gasteiger partial charge in [-0.3, -0.25) is 0 Å². The van der Waals surface area contributed by atoms with E-state index in [1.807, 2.05) is 43.3 Å². The van der Waals surface area contributed by atoms with Crippen molar-refractivity contribution in [3.8, 4) is 17.6 Å². The molecule has 0 N–H and O–H groups in total. The van der Waals surface area contributed by atoms with Crippen LogP contribution in [0.4, 0.5) is 4.39 Å². The first-order chi connectivity index (χ1) is 14.5. The van der Waals surface area contributed by atoms with E-state index in [2.05, 4.69) is 37.9 Å². The molecule has 0 aromatic heterocycles. The van der Waals surface area contributed by atoms with Crippen molar-refractivity contribution in [1.82, 2.24) is 0 Å². The Labute approximate surface area is 192 Å². The van der Waals surface area contributed by atoms with Crippen LogP contribution in [0.3, 0.4) is 0 Å². The predicted octanol–water partition coefficient (Wildman–Crippen LogP) is 7.39. The Kier molecular flexibility index (Phi) is 7.67. The number of benzene rings is 3. The van der Waals surface area contributed by atoms with E-state index in [1.54, 1.807) is 18.2 Å². The summed E-state index contributed by atoms with van der Waals surface area (Å²) >= 11 is 6.97. The third-order valence-corrected chi connectivity index (χ3v) is 5.46. The SMILES string of the molecule is CCOc1cc(/C=C(\C#N)c2ccc(Br)cc2)c(Br)cc1OCc1ccc(F)cc1. The van der Waals surface area contributed by atoms with Gasteiger partial charge in [0, 0.05) is 8.95 Å². The number of nitrogens with zero attached hydrogens (tertiary/aromatic N) is 1. The number of hydrogen-bond donors (Lipinski definition) is 0. The molecule has 0 saturated carbocycles. The van der Waals surface area contributed by atoms with Crippen LogP contribution in [0, 0.1) is 17.1 Å². The van der Waals surface area contributed by atoms with Gasteiger partial charge in [0.25, 0.3) is 0 Å². The predicted molar refractivity (Wildman–Crippen MR) is 124 cm³/mol. The molecule has 0 atom stereocenters. The number of ether oxygens (including phenoxy) is 2. The van der Waals surface area contributed by atoms with Gasteiger partial charge in [-0.05, 0) is 66.1 Å². The Balaban J connectivity index is 1.90. The van der Waals surface area contributed by atoms with Crippen LogP contribution in [0.5, 0.6) is 11.5 Å². The number of halogens is 3. The third kappa shape index (κ3) is 5.71. The van der Waals surface area contributed by atoms with Gasteiger partial charge in [0.05, 0.1) is 18.2 Å². The highest BCUT2D eigenvalue weighted by Crippen LogP contribution is 2.36. The van der Waals surface area contributed by atoms with Gasteiger partial charge in [-0.25, -0.2) is 4.39 Å². The number of rotatable bonds is 7. The molecule has 152 valence electrons. The standard InChI is InChI=1S/C24H18Br2FNO2/c1-2-29-23-12-18(11-19(14-28)17-5-7-20(25)8-6-17)22(26)13-24(23)30-15-16-3-9-21(27)10-4-16/h3-13H,2,15H2,1H3/b19-11+. The molecule has 0 bridgehead atoms. The first kappa shape index (κ1) is 22.1. The maximum Gasteiger partial charge on any atom is 0.162 e. The van der Waals surface area contributed by atoms with Crippen LogP contribution in [0.25, 0.3) is 11.6 Å². The van der Waals surface area contributed by atoms with Crippen LogP contribution < -0.4 is 9.47 Å². The van der Waals surface area contributed by atoms with Gasteiger partial charge in [-0.15, -0.1) is 0 Å². The molecule has 0 fully saturated rings. The quantitative estimate of drug-likeness (QED) is 0.236. The van der Waals surface area contributed by atoms with E-state index in [1.165, 1.54) is 12.1 Å². The summed E-state index contributed by atoms with van der Waals surface area (Å²) in [5.41, 5.74) is 3.00. The van der Waals surface area contributed by atoms with Gasteiger partial charge in [-0.2, -0.15) is 5.26 Å². The highest BCUT2D eigenvalue weighted by molar-refractivity contribution is 9.10. The minimum atomic E-state index is -0.285. The van der Waals surface area contributed by atoms with E-state index in [0.29, 0.717) is 23.7 Å². The Hall–Kier alpha value is -2.62. The molecule has 3 aromatic carbocycles. The molecular weight excluding hydrogens is 513 g/mol. The van der Waals surface area contributed by atoms with Gasteiger partial charge in [0.15, 0.2) is 11.5 Å². The van der Waals surface area contributed by atoms with Crippen LogP contribution in [0.1, 0.15) is 23.6 Å². The van der Waals surface area contributed by atoms with Crippen molar-refractivity contribution in [3.05, 3.63) is 92.1 Å². The number of hydrogen-bond acceptors (Lipinski definition) is 3. The molecule has 3 aromatic rings. The van der Waals surface area contributed by atoms with E-state index in [9.17, 15) is 9.65 Å². The Morgan fingerprint density at radius 1 is 1.00 bits per heavy atom. The van der Waals surface area contributed by atoms with Gasteiger partial charge < -0.3 is 9.47 Å². The van der Waals surface area contributed by atoms with Crippen molar-refractivity contribution in [2.45, 2.75) is 13.5 Å². The molecule has 0 spiro atoms. The average Bonchev–Trinajstić information content (AvgIpc) is 2.74. The van der Waals surface area contributed by atoms with Crippen LogP contribution in [0.2, 0.25) is 0 Å². The Morgan fingerprint density at radius 3 is 2.30 bits per heavy atom. The second-order valence-corrected chi connectivity index (χ2v) is 8.12. The van der Waals surface area contributed by atoms with E-state index in [-0.39, 0.29) is 12.4 Å². The molecule has 0 aliphatic rings. The topological polar surface area (TPSA) is 42.2 Å². The van der Waals surface area contributed by atoms with Crippen LogP contribution in [-0.4, -0.2) is 6.61 Å². The van der Waals surface area contributed by atoms with Crippen molar-refractivity contribution in [3.63, 3.8) is 0 Å². The maximum absolute atomic E-state index is 13.1. The van der Waals surface area contributed by atoms with Crippen molar-refractivity contribution in [2.24, 2.45) is 0 Å². The highest BCUT2D eigenvalue weighted by Gasteiger charge is 2.12. The van der Waals surface area contributed by atoms with Gasteiger partial charge in [-0.1, -0.05) is 56.1 Å². The monoisotopic (exact) mass is 529 g/mol.